The largest absolute Gasteiger partial charge is 0.493 e. The monoisotopic (exact) mass is 295 g/mol. The predicted molar refractivity (Wildman–Crippen MR) is 82.8 cm³/mol. The minimum absolute atomic E-state index is 0.192. The third kappa shape index (κ3) is 3.22. The number of thiocarbonyl (C=S) groups is 1. The van der Waals surface area contributed by atoms with Crippen molar-refractivity contribution in [2.24, 2.45) is 0 Å². The number of methoxy groups -OCH3 is 2. The summed E-state index contributed by atoms with van der Waals surface area (Å²) in [7, 11) is 3.25. The lowest BCUT2D eigenvalue weighted by molar-refractivity contribution is -0.0472. The van der Waals surface area contributed by atoms with Crippen molar-refractivity contribution in [1.29, 1.82) is 0 Å². The minimum Gasteiger partial charge on any atom is -0.493 e. The van der Waals surface area contributed by atoms with E-state index in [-0.39, 0.29) is 12.2 Å². The molecule has 0 radical (unpaired) electrons. The highest BCUT2D eigenvalue weighted by Gasteiger charge is 2.24. The second-order valence-electron chi connectivity index (χ2n) is 5.04. The molecule has 0 aliphatic carbocycles. The fourth-order valence-corrected chi connectivity index (χ4v) is 2.77. The SMILES string of the molecule is COc1ccc(C(=S)N2C[C@@H](C)O[C@H](C)C2)cc1OC. The predicted octanol–water partition coefficient (Wildman–Crippen LogP) is 2.49. The molecule has 2 atom stereocenters. The van der Waals surface area contributed by atoms with Gasteiger partial charge in [-0.1, -0.05) is 12.2 Å². The zero-order chi connectivity index (χ0) is 14.7. The van der Waals surface area contributed by atoms with Crippen LogP contribution in [-0.4, -0.2) is 49.4 Å². The van der Waals surface area contributed by atoms with Crippen LogP contribution in [0.1, 0.15) is 19.4 Å². The molecule has 1 fully saturated rings. The molecule has 0 unspecified atom stereocenters. The standard InChI is InChI=1S/C15H21NO3S/c1-10-8-16(9-11(2)19-10)15(20)12-5-6-13(17-3)14(7-12)18-4/h5-7,10-11H,8-9H2,1-4H3/t10-,11-/m1/s1. The van der Waals surface area contributed by atoms with Gasteiger partial charge in [-0.25, -0.2) is 0 Å². The Bertz CT molecular complexity index is 482. The molecule has 0 bridgehead atoms. The quantitative estimate of drug-likeness (QED) is 0.800. The Balaban J connectivity index is 2.20. The van der Waals surface area contributed by atoms with E-state index >= 15 is 0 Å². The van der Waals surface area contributed by atoms with Gasteiger partial charge in [-0.3, -0.25) is 0 Å². The van der Waals surface area contributed by atoms with Gasteiger partial charge in [-0.15, -0.1) is 0 Å². The molecule has 20 heavy (non-hydrogen) atoms. The van der Waals surface area contributed by atoms with E-state index in [0.717, 1.165) is 23.6 Å². The Morgan fingerprint density at radius 2 is 1.75 bits per heavy atom. The Hall–Kier alpha value is -1.33. The molecule has 2 rings (SSSR count). The number of ether oxygens (including phenoxy) is 3. The van der Waals surface area contributed by atoms with Crippen LogP contribution in [0.3, 0.4) is 0 Å². The molecule has 1 heterocycles. The highest BCUT2D eigenvalue weighted by Crippen LogP contribution is 2.28. The van der Waals surface area contributed by atoms with E-state index in [0.29, 0.717) is 11.5 Å². The Morgan fingerprint density at radius 1 is 1.15 bits per heavy atom. The normalized spacial score (nSPS) is 22.5. The second kappa shape index (κ2) is 6.41. The summed E-state index contributed by atoms with van der Waals surface area (Å²) < 4.78 is 16.3. The van der Waals surface area contributed by atoms with Gasteiger partial charge in [-0.05, 0) is 32.0 Å². The fraction of sp³-hybridized carbons (Fsp3) is 0.533. The Labute approximate surface area is 125 Å². The molecule has 1 saturated heterocycles. The average Bonchev–Trinajstić information content (AvgIpc) is 2.44. The summed E-state index contributed by atoms with van der Waals surface area (Å²) in [6, 6.07) is 5.77. The molecule has 0 amide bonds. The van der Waals surface area contributed by atoms with E-state index in [2.05, 4.69) is 18.7 Å². The maximum absolute atomic E-state index is 5.74. The molecule has 1 aliphatic heterocycles. The molecule has 1 aromatic rings. The van der Waals surface area contributed by atoms with Crippen LogP contribution in [0, 0.1) is 0 Å². The molecule has 110 valence electrons. The van der Waals surface area contributed by atoms with Crippen LogP contribution in [-0.2, 0) is 4.74 Å². The molecule has 1 aliphatic rings. The van der Waals surface area contributed by atoms with Gasteiger partial charge in [0.1, 0.15) is 4.99 Å². The van der Waals surface area contributed by atoms with Gasteiger partial charge in [0.2, 0.25) is 0 Å². The van der Waals surface area contributed by atoms with E-state index < -0.39 is 0 Å². The molecule has 4 nitrogen and oxygen atoms in total. The summed E-state index contributed by atoms with van der Waals surface area (Å²) in [6.45, 7) is 5.77. The summed E-state index contributed by atoms with van der Waals surface area (Å²) in [6.07, 6.45) is 0.383. The van der Waals surface area contributed by atoms with Gasteiger partial charge < -0.3 is 19.1 Å². The third-order valence-corrected chi connectivity index (χ3v) is 3.83. The smallest absolute Gasteiger partial charge is 0.161 e. The zero-order valence-electron chi connectivity index (χ0n) is 12.4. The number of morpholine rings is 1. The van der Waals surface area contributed by atoms with Crippen LogP contribution in [0.4, 0.5) is 0 Å². The van der Waals surface area contributed by atoms with E-state index in [1.165, 1.54) is 0 Å². The first kappa shape index (κ1) is 15.1. The highest BCUT2D eigenvalue weighted by atomic mass is 32.1. The van der Waals surface area contributed by atoms with Crippen molar-refractivity contribution in [3.05, 3.63) is 23.8 Å². The van der Waals surface area contributed by atoms with Gasteiger partial charge in [0.15, 0.2) is 11.5 Å². The summed E-state index contributed by atoms with van der Waals surface area (Å²) >= 11 is 5.61. The Morgan fingerprint density at radius 3 is 2.30 bits per heavy atom. The number of hydrogen-bond donors (Lipinski definition) is 0. The van der Waals surface area contributed by atoms with Gasteiger partial charge in [-0.2, -0.15) is 0 Å². The molecule has 0 N–H and O–H groups in total. The van der Waals surface area contributed by atoms with Crippen molar-refractivity contribution in [3.8, 4) is 11.5 Å². The van der Waals surface area contributed by atoms with Crippen molar-refractivity contribution in [2.75, 3.05) is 27.3 Å². The summed E-state index contributed by atoms with van der Waals surface area (Å²) in [5.41, 5.74) is 0.971. The summed E-state index contributed by atoms with van der Waals surface area (Å²) in [4.78, 5) is 3.02. The van der Waals surface area contributed by atoms with Gasteiger partial charge in [0.05, 0.1) is 26.4 Å². The molecule has 1 aromatic carbocycles. The number of hydrogen-bond acceptors (Lipinski definition) is 4. The van der Waals surface area contributed by atoms with Crippen molar-refractivity contribution < 1.29 is 14.2 Å². The topological polar surface area (TPSA) is 30.9 Å². The van der Waals surface area contributed by atoms with E-state index in [9.17, 15) is 0 Å². The van der Waals surface area contributed by atoms with E-state index in [1.807, 2.05) is 18.2 Å². The van der Waals surface area contributed by atoms with Gasteiger partial charge in [0.25, 0.3) is 0 Å². The molecule has 0 spiro atoms. The zero-order valence-corrected chi connectivity index (χ0v) is 13.2. The molecule has 5 heteroatoms. The van der Waals surface area contributed by atoms with Gasteiger partial charge in [0, 0.05) is 18.7 Å². The lowest BCUT2D eigenvalue weighted by Crippen LogP contribution is -2.47. The van der Waals surface area contributed by atoms with Crippen molar-refractivity contribution >= 4 is 17.2 Å². The highest BCUT2D eigenvalue weighted by molar-refractivity contribution is 7.80. The molecule has 0 aromatic heterocycles. The van der Waals surface area contributed by atoms with Crippen LogP contribution < -0.4 is 9.47 Å². The maximum atomic E-state index is 5.74. The maximum Gasteiger partial charge on any atom is 0.161 e. The summed E-state index contributed by atoms with van der Waals surface area (Å²) in [5.74, 6) is 1.41. The molecule has 0 saturated carbocycles. The van der Waals surface area contributed by atoms with Crippen LogP contribution in [0.5, 0.6) is 11.5 Å². The first-order valence-corrected chi connectivity index (χ1v) is 7.12. The average molecular weight is 295 g/mol. The second-order valence-corrected chi connectivity index (χ2v) is 5.42. The van der Waals surface area contributed by atoms with Crippen LogP contribution in [0.2, 0.25) is 0 Å². The Kier molecular flexibility index (Phi) is 4.83. The fourth-order valence-electron chi connectivity index (χ4n) is 2.50. The summed E-state index contributed by atoms with van der Waals surface area (Å²) in [5, 5.41) is 0. The third-order valence-electron chi connectivity index (χ3n) is 3.34. The van der Waals surface area contributed by atoms with Gasteiger partial charge >= 0.3 is 0 Å². The molecular weight excluding hydrogens is 274 g/mol. The van der Waals surface area contributed by atoms with Crippen LogP contribution >= 0.6 is 12.2 Å². The van der Waals surface area contributed by atoms with Crippen molar-refractivity contribution in [1.82, 2.24) is 4.90 Å². The number of benzene rings is 1. The van der Waals surface area contributed by atoms with Crippen LogP contribution in [0.25, 0.3) is 0 Å². The first-order valence-electron chi connectivity index (χ1n) is 6.72. The van der Waals surface area contributed by atoms with Crippen molar-refractivity contribution in [2.45, 2.75) is 26.1 Å². The molecular formula is C15H21NO3S. The van der Waals surface area contributed by atoms with Crippen molar-refractivity contribution in [3.63, 3.8) is 0 Å². The lowest BCUT2D eigenvalue weighted by atomic mass is 10.1. The first-order chi connectivity index (χ1) is 9.55. The lowest BCUT2D eigenvalue weighted by Gasteiger charge is -2.37. The van der Waals surface area contributed by atoms with Crippen LogP contribution in [0.15, 0.2) is 18.2 Å². The van der Waals surface area contributed by atoms with E-state index in [4.69, 9.17) is 26.4 Å². The number of rotatable bonds is 3. The minimum atomic E-state index is 0.192. The number of nitrogens with zero attached hydrogens (tertiary/aromatic N) is 1. The van der Waals surface area contributed by atoms with E-state index in [1.54, 1.807) is 14.2 Å².